The standard InChI is InChI=1S/C16H16N2O3/c1-10-8-13(11-4-2-5-12(9-11)18(20)21)16-14(17-10)6-3-7-15(16)19/h2,4-5,9,13H,3,6-8H2,1H3. The summed E-state index contributed by atoms with van der Waals surface area (Å²) in [6.07, 6.45) is 2.88. The molecule has 2 aliphatic rings. The molecule has 1 aromatic rings. The molecule has 1 aliphatic carbocycles. The lowest BCUT2D eigenvalue weighted by Gasteiger charge is -2.29. The molecule has 0 amide bonds. The second-order valence-corrected chi connectivity index (χ2v) is 5.59. The highest BCUT2D eigenvalue weighted by molar-refractivity contribution is 6.01. The molecule has 0 saturated heterocycles. The number of hydrogen-bond acceptors (Lipinski definition) is 4. The highest BCUT2D eigenvalue weighted by Crippen LogP contribution is 2.40. The summed E-state index contributed by atoms with van der Waals surface area (Å²) < 4.78 is 0. The van der Waals surface area contributed by atoms with Crippen molar-refractivity contribution in [2.45, 2.75) is 38.5 Å². The Labute approximate surface area is 122 Å². The van der Waals surface area contributed by atoms with Gasteiger partial charge in [-0.25, -0.2) is 0 Å². The van der Waals surface area contributed by atoms with Gasteiger partial charge in [0, 0.05) is 41.5 Å². The first kappa shape index (κ1) is 13.7. The molecule has 1 aromatic carbocycles. The van der Waals surface area contributed by atoms with Crippen LogP contribution in [0.4, 0.5) is 5.69 Å². The molecule has 1 atom stereocenters. The molecule has 0 saturated carbocycles. The largest absolute Gasteiger partial charge is 0.294 e. The van der Waals surface area contributed by atoms with Crippen molar-refractivity contribution in [1.82, 2.24) is 0 Å². The number of nitrogens with zero attached hydrogens (tertiary/aromatic N) is 2. The number of allylic oxidation sites excluding steroid dienone is 2. The molecule has 0 spiro atoms. The van der Waals surface area contributed by atoms with E-state index in [1.807, 2.05) is 13.0 Å². The third kappa shape index (κ3) is 2.51. The zero-order valence-electron chi connectivity index (χ0n) is 11.8. The number of aliphatic imine (C=N–C) groups is 1. The Morgan fingerprint density at radius 1 is 1.33 bits per heavy atom. The number of Topliss-reactive ketones (excluding diaryl/α,β-unsaturated/α-hetero) is 1. The van der Waals surface area contributed by atoms with Crippen molar-refractivity contribution in [3.8, 4) is 0 Å². The Hall–Kier alpha value is -2.30. The number of carbonyl (C=O) groups is 1. The summed E-state index contributed by atoms with van der Waals surface area (Å²) in [7, 11) is 0. The first-order chi connectivity index (χ1) is 10.1. The molecule has 0 N–H and O–H groups in total. The summed E-state index contributed by atoms with van der Waals surface area (Å²) in [6.45, 7) is 1.95. The fraction of sp³-hybridized carbons (Fsp3) is 0.375. The molecule has 1 heterocycles. The number of ketones is 1. The van der Waals surface area contributed by atoms with E-state index >= 15 is 0 Å². The van der Waals surface area contributed by atoms with Gasteiger partial charge in [0.2, 0.25) is 0 Å². The van der Waals surface area contributed by atoms with Crippen molar-refractivity contribution in [2.75, 3.05) is 0 Å². The quantitative estimate of drug-likeness (QED) is 0.615. The number of carbonyl (C=O) groups excluding carboxylic acids is 1. The summed E-state index contributed by atoms with van der Waals surface area (Å²) in [5.74, 6) is 0.0502. The predicted octanol–water partition coefficient (Wildman–Crippen LogP) is 3.55. The van der Waals surface area contributed by atoms with Gasteiger partial charge in [-0.15, -0.1) is 0 Å². The lowest BCUT2D eigenvalue weighted by atomic mass is 9.78. The van der Waals surface area contributed by atoms with Gasteiger partial charge in [-0.2, -0.15) is 0 Å². The van der Waals surface area contributed by atoms with Crippen molar-refractivity contribution in [3.05, 3.63) is 51.2 Å². The molecule has 3 rings (SSSR count). The van der Waals surface area contributed by atoms with Crippen molar-refractivity contribution < 1.29 is 9.72 Å². The number of nitro benzene ring substituents is 1. The highest BCUT2D eigenvalue weighted by Gasteiger charge is 2.32. The summed E-state index contributed by atoms with van der Waals surface area (Å²) in [5.41, 5.74) is 3.54. The Morgan fingerprint density at radius 3 is 2.90 bits per heavy atom. The lowest BCUT2D eigenvalue weighted by Crippen LogP contribution is -2.23. The summed E-state index contributed by atoms with van der Waals surface area (Å²) in [5, 5.41) is 11.0. The minimum absolute atomic E-state index is 0.0677. The fourth-order valence-electron chi connectivity index (χ4n) is 3.17. The Balaban J connectivity index is 2.07. The Bertz CT molecular complexity index is 689. The lowest BCUT2D eigenvalue weighted by molar-refractivity contribution is -0.384. The first-order valence-electron chi connectivity index (χ1n) is 7.11. The maximum absolute atomic E-state index is 12.3. The van der Waals surface area contributed by atoms with Gasteiger partial charge < -0.3 is 0 Å². The average molecular weight is 284 g/mol. The molecule has 21 heavy (non-hydrogen) atoms. The van der Waals surface area contributed by atoms with Crippen LogP contribution in [0, 0.1) is 10.1 Å². The number of non-ortho nitro benzene ring substituents is 1. The van der Waals surface area contributed by atoms with Crippen LogP contribution in [-0.2, 0) is 4.79 Å². The smallest absolute Gasteiger partial charge is 0.269 e. The van der Waals surface area contributed by atoms with Crippen LogP contribution >= 0.6 is 0 Å². The normalized spacial score (nSPS) is 21.9. The number of nitro groups is 1. The number of benzene rings is 1. The van der Waals surface area contributed by atoms with Crippen molar-refractivity contribution in [2.24, 2.45) is 4.99 Å². The minimum atomic E-state index is -0.398. The monoisotopic (exact) mass is 284 g/mol. The van der Waals surface area contributed by atoms with Gasteiger partial charge in [0.05, 0.1) is 4.92 Å². The molecule has 0 aromatic heterocycles. The third-order valence-corrected chi connectivity index (χ3v) is 4.09. The predicted molar refractivity (Wildman–Crippen MR) is 79.4 cm³/mol. The SMILES string of the molecule is CC1=NC2=C(C(=O)CCC2)C(c2cccc([N+](=O)[O-])c2)C1. The Kier molecular flexibility index (Phi) is 3.41. The van der Waals surface area contributed by atoms with E-state index in [0.29, 0.717) is 12.8 Å². The topological polar surface area (TPSA) is 72.6 Å². The van der Waals surface area contributed by atoms with Crippen molar-refractivity contribution in [1.29, 1.82) is 0 Å². The maximum Gasteiger partial charge on any atom is 0.269 e. The fourth-order valence-corrected chi connectivity index (χ4v) is 3.17. The Morgan fingerprint density at radius 2 is 2.14 bits per heavy atom. The summed E-state index contributed by atoms with van der Waals surface area (Å²) >= 11 is 0. The van der Waals surface area contributed by atoms with Gasteiger partial charge in [0.1, 0.15) is 0 Å². The minimum Gasteiger partial charge on any atom is -0.294 e. The number of hydrogen-bond donors (Lipinski definition) is 0. The molecule has 1 aliphatic heterocycles. The molecule has 1 unspecified atom stereocenters. The van der Waals surface area contributed by atoms with Crippen molar-refractivity contribution >= 4 is 17.2 Å². The van der Waals surface area contributed by atoms with Gasteiger partial charge in [-0.05, 0) is 31.7 Å². The van der Waals surface area contributed by atoms with E-state index in [0.717, 1.165) is 35.4 Å². The van der Waals surface area contributed by atoms with Crippen LogP contribution in [0.1, 0.15) is 44.1 Å². The van der Waals surface area contributed by atoms with Crippen LogP contribution in [-0.4, -0.2) is 16.4 Å². The van der Waals surface area contributed by atoms with Crippen LogP contribution in [0.2, 0.25) is 0 Å². The van der Waals surface area contributed by atoms with E-state index in [1.165, 1.54) is 6.07 Å². The van der Waals surface area contributed by atoms with E-state index in [9.17, 15) is 14.9 Å². The summed E-state index contributed by atoms with van der Waals surface area (Å²) in [4.78, 5) is 27.4. The number of rotatable bonds is 2. The van der Waals surface area contributed by atoms with Crippen LogP contribution < -0.4 is 0 Å². The van der Waals surface area contributed by atoms with E-state index in [1.54, 1.807) is 12.1 Å². The van der Waals surface area contributed by atoms with Crippen LogP contribution in [0.25, 0.3) is 0 Å². The maximum atomic E-state index is 12.3. The second kappa shape index (κ2) is 5.24. The van der Waals surface area contributed by atoms with E-state index in [4.69, 9.17) is 0 Å². The van der Waals surface area contributed by atoms with E-state index in [2.05, 4.69) is 4.99 Å². The molecule has 0 radical (unpaired) electrons. The van der Waals surface area contributed by atoms with Crippen LogP contribution in [0.15, 0.2) is 40.5 Å². The van der Waals surface area contributed by atoms with E-state index in [-0.39, 0.29) is 17.4 Å². The van der Waals surface area contributed by atoms with Crippen LogP contribution in [0.3, 0.4) is 0 Å². The molecule has 108 valence electrons. The molecule has 5 nitrogen and oxygen atoms in total. The van der Waals surface area contributed by atoms with Gasteiger partial charge >= 0.3 is 0 Å². The van der Waals surface area contributed by atoms with Crippen molar-refractivity contribution in [3.63, 3.8) is 0 Å². The van der Waals surface area contributed by atoms with Gasteiger partial charge in [-0.3, -0.25) is 19.9 Å². The van der Waals surface area contributed by atoms with Gasteiger partial charge in [-0.1, -0.05) is 12.1 Å². The van der Waals surface area contributed by atoms with Crippen LogP contribution in [0.5, 0.6) is 0 Å². The molecular weight excluding hydrogens is 268 g/mol. The van der Waals surface area contributed by atoms with Gasteiger partial charge in [0.15, 0.2) is 5.78 Å². The van der Waals surface area contributed by atoms with Gasteiger partial charge in [0.25, 0.3) is 5.69 Å². The highest BCUT2D eigenvalue weighted by atomic mass is 16.6. The molecule has 0 bridgehead atoms. The molecule has 0 fully saturated rings. The van der Waals surface area contributed by atoms with E-state index < -0.39 is 4.92 Å². The summed E-state index contributed by atoms with van der Waals surface area (Å²) in [6, 6.07) is 6.60. The first-order valence-corrected chi connectivity index (χ1v) is 7.11. The molecular formula is C16H16N2O3. The average Bonchev–Trinajstić information content (AvgIpc) is 2.46. The molecule has 5 heteroatoms. The zero-order valence-corrected chi connectivity index (χ0v) is 11.8. The second-order valence-electron chi connectivity index (χ2n) is 5.59. The zero-order chi connectivity index (χ0) is 15.0. The third-order valence-electron chi connectivity index (χ3n) is 4.09.